The number of hydrogen-bond acceptors (Lipinski definition) is 0. The van der Waals surface area contributed by atoms with Crippen LogP contribution in [0.3, 0.4) is 0 Å². The molecule has 0 N–H and O–H groups in total. The van der Waals surface area contributed by atoms with Crippen molar-refractivity contribution in [3.05, 3.63) is 59.1 Å². The van der Waals surface area contributed by atoms with E-state index in [1.54, 1.807) is 0 Å². The molecule has 84 valence electrons. The van der Waals surface area contributed by atoms with E-state index in [2.05, 4.69) is 76.1 Å². The highest BCUT2D eigenvalue weighted by molar-refractivity contribution is 9.10. The van der Waals surface area contributed by atoms with Gasteiger partial charge in [0.25, 0.3) is 0 Å². The zero-order chi connectivity index (χ0) is 11.8. The molecule has 0 aliphatic heterocycles. The largest absolute Gasteiger partial charge is 0.344 e. The van der Waals surface area contributed by atoms with Crippen LogP contribution < -0.4 is 0 Å². The van der Waals surface area contributed by atoms with Gasteiger partial charge in [-0.15, -0.1) is 0 Å². The molecule has 17 heavy (non-hydrogen) atoms. The van der Waals surface area contributed by atoms with Crippen LogP contribution in [0, 0.1) is 0 Å². The van der Waals surface area contributed by atoms with Gasteiger partial charge in [0.15, 0.2) is 0 Å². The highest BCUT2D eigenvalue weighted by Gasteiger charge is 2.07. The first-order valence-electron chi connectivity index (χ1n) is 5.56. The van der Waals surface area contributed by atoms with Gasteiger partial charge in [0.05, 0.1) is 0 Å². The first-order valence-corrected chi connectivity index (χ1v) is 6.35. The van der Waals surface area contributed by atoms with Gasteiger partial charge in [0.1, 0.15) is 0 Å². The summed E-state index contributed by atoms with van der Waals surface area (Å²) in [6, 6.07) is 19.1. The van der Waals surface area contributed by atoms with E-state index in [9.17, 15) is 0 Å². The van der Waals surface area contributed by atoms with Crippen LogP contribution in [-0.4, -0.2) is 4.57 Å². The van der Waals surface area contributed by atoms with Crippen LogP contribution in [-0.2, 0) is 7.05 Å². The molecule has 0 bridgehead atoms. The highest BCUT2D eigenvalue weighted by atomic mass is 79.9. The van der Waals surface area contributed by atoms with Gasteiger partial charge < -0.3 is 4.57 Å². The quantitative estimate of drug-likeness (QED) is 0.615. The molecule has 2 aromatic carbocycles. The highest BCUT2D eigenvalue weighted by Crippen LogP contribution is 2.28. The average Bonchev–Trinajstić information content (AvgIpc) is 2.68. The smallest absolute Gasteiger partial charge is 0.0493 e. The summed E-state index contributed by atoms with van der Waals surface area (Å²) in [7, 11) is 2.11. The van der Waals surface area contributed by atoms with Crippen molar-refractivity contribution in [1.29, 1.82) is 0 Å². The van der Waals surface area contributed by atoms with Crippen LogP contribution in [0.15, 0.2) is 59.1 Å². The third-order valence-electron chi connectivity index (χ3n) is 3.08. The number of rotatable bonds is 1. The Hall–Kier alpha value is -1.54. The molecule has 3 aromatic rings. The fourth-order valence-electron chi connectivity index (χ4n) is 2.19. The van der Waals surface area contributed by atoms with Gasteiger partial charge in [-0.3, -0.25) is 0 Å². The van der Waals surface area contributed by atoms with E-state index in [4.69, 9.17) is 0 Å². The molecule has 0 saturated carbocycles. The van der Waals surface area contributed by atoms with Crippen LogP contribution in [0.4, 0.5) is 0 Å². The van der Waals surface area contributed by atoms with Crippen molar-refractivity contribution in [3.8, 4) is 11.3 Å². The minimum atomic E-state index is 1.12. The van der Waals surface area contributed by atoms with Gasteiger partial charge in [-0.05, 0) is 23.8 Å². The first kappa shape index (κ1) is 10.6. The number of benzene rings is 2. The third kappa shape index (κ3) is 1.79. The standard InChI is InChI=1S/C15H12BrN/c1-17-14(11-5-3-2-4-6-11)9-12-7-8-13(16)10-15(12)17/h2-10H,1H3. The Morgan fingerprint density at radius 1 is 0.941 bits per heavy atom. The second kappa shape index (κ2) is 4.04. The van der Waals surface area contributed by atoms with Crippen molar-refractivity contribution < 1.29 is 0 Å². The normalized spacial score (nSPS) is 10.9. The molecule has 0 fully saturated rings. The summed E-state index contributed by atoms with van der Waals surface area (Å²) >= 11 is 3.52. The molecule has 0 spiro atoms. The van der Waals surface area contributed by atoms with Crippen LogP contribution in [0.2, 0.25) is 0 Å². The fraction of sp³-hybridized carbons (Fsp3) is 0.0667. The molecule has 0 aliphatic carbocycles. The maximum Gasteiger partial charge on any atom is 0.0493 e. The van der Waals surface area contributed by atoms with E-state index in [0.717, 1.165) is 4.47 Å². The van der Waals surface area contributed by atoms with E-state index in [-0.39, 0.29) is 0 Å². The number of nitrogens with zero attached hydrogens (tertiary/aromatic N) is 1. The van der Waals surface area contributed by atoms with Crippen molar-refractivity contribution in [2.45, 2.75) is 0 Å². The fourth-order valence-corrected chi connectivity index (χ4v) is 2.54. The summed E-state index contributed by atoms with van der Waals surface area (Å²) in [6.07, 6.45) is 0. The summed E-state index contributed by atoms with van der Waals surface area (Å²) in [5.74, 6) is 0. The van der Waals surface area contributed by atoms with Crippen molar-refractivity contribution >= 4 is 26.8 Å². The minimum Gasteiger partial charge on any atom is -0.344 e. The van der Waals surface area contributed by atoms with Crippen molar-refractivity contribution in [3.63, 3.8) is 0 Å². The lowest BCUT2D eigenvalue weighted by atomic mass is 10.1. The topological polar surface area (TPSA) is 4.93 Å². The second-order valence-corrected chi connectivity index (χ2v) is 5.07. The summed E-state index contributed by atoms with van der Waals surface area (Å²) in [5, 5.41) is 1.27. The number of aromatic nitrogens is 1. The van der Waals surface area contributed by atoms with Gasteiger partial charge in [0, 0.05) is 28.1 Å². The second-order valence-electron chi connectivity index (χ2n) is 4.16. The Balaban J connectivity index is 2.28. The summed E-state index contributed by atoms with van der Waals surface area (Å²) in [4.78, 5) is 0. The lowest BCUT2D eigenvalue weighted by molar-refractivity contribution is 0.978. The molecule has 0 amide bonds. The van der Waals surface area contributed by atoms with Crippen molar-refractivity contribution in [2.24, 2.45) is 7.05 Å². The summed E-state index contributed by atoms with van der Waals surface area (Å²) in [6.45, 7) is 0. The van der Waals surface area contributed by atoms with E-state index in [0.29, 0.717) is 0 Å². The molecule has 3 rings (SSSR count). The molecule has 1 nitrogen and oxygen atoms in total. The molecular weight excluding hydrogens is 274 g/mol. The molecular formula is C15H12BrN. The van der Waals surface area contributed by atoms with Gasteiger partial charge in [-0.1, -0.05) is 52.3 Å². The molecule has 2 heteroatoms. The van der Waals surface area contributed by atoms with E-state index >= 15 is 0 Å². The van der Waals surface area contributed by atoms with E-state index < -0.39 is 0 Å². The molecule has 0 saturated heterocycles. The molecule has 1 aromatic heterocycles. The lowest BCUT2D eigenvalue weighted by Crippen LogP contribution is -1.90. The maximum absolute atomic E-state index is 3.52. The summed E-state index contributed by atoms with van der Waals surface area (Å²) < 4.78 is 3.35. The van der Waals surface area contributed by atoms with E-state index in [1.807, 2.05) is 6.07 Å². The Kier molecular flexibility index (Phi) is 2.52. The van der Waals surface area contributed by atoms with Gasteiger partial charge in [-0.25, -0.2) is 0 Å². The van der Waals surface area contributed by atoms with Gasteiger partial charge in [-0.2, -0.15) is 0 Å². The van der Waals surface area contributed by atoms with Gasteiger partial charge in [0.2, 0.25) is 0 Å². The number of aryl methyl sites for hydroxylation is 1. The Labute approximate surface area is 109 Å². The average molecular weight is 286 g/mol. The van der Waals surface area contributed by atoms with Crippen LogP contribution in [0.25, 0.3) is 22.2 Å². The monoisotopic (exact) mass is 285 g/mol. The molecule has 0 unspecified atom stereocenters. The Morgan fingerprint density at radius 2 is 1.71 bits per heavy atom. The Morgan fingerprint density at radius 3 is 2.47 bits per heavy atom. The number of halogens is 1. The van der Waals surface area contributed by atoms with Crippen molar-refractivity contribution in [1.82, 2.24) is 4.57 Å². The molecule has 0 aliphatic rings. The zero-order valence-electron chi connectivity index (χ0n) is 9.52. The zero-order valence-corrected chi connectivity index (χ0v) is 11.1. The Bertz CT molecular complexity index is 668. The maximum atomic E-state index is 3.52. The van der Waals surface area contributed by atoms with Crippen LogP contribution in [0.1, 0.15) is 0 Å². The lowest BCUT2D eigenvalue weighted by Gasteiger charge is -2.04. The van der Waals surface area contributed by atoms with Gasteiger partial charge >= 0.3 is 0 Å². The number of hydrogen-bond donors (Lipinski definition) is 0. The third-order valence-corrected chi connectivity index (χ3v) is 3.57. The first-order chi connectivity index (χ1) is 8.25. The molecule has 1 heterocycles. The summed E-state index contributed by atoms with van der Waals surface area (Å²) in [5.41, 5.74) is 3.75. The van der Waals surface area contributed by atoms with Crippen molar-refractivity contribution in [2.75, 3.05) is 0 Å². The predicted molar refractivity (Wildman–Crippen MR) is 76.1 cm³/mol. The van der Waals surface area contributed by atoms with Crippen LogP contribution >= 0.6 is 15.9 Å². The van der Waals surface area contributed by atoms with E-state index in [1.165, 1.54) is 22.2 Å². The SMILES string of the molecule is Cn1c(-c2ccccc2)cc2ccc(Br)cc21. The minimum absolute atomic E-state index is 1.12. The van der Waals surface area contributed by atoms with Crippen LogP contribution in [0.5, 0.6) is 0 Å². The predicted octanol–water partition coefficient (Wildman–Crippen LogP) is 4.61. The molecule has 0 atom stereocenters. The molecule has 0 radical (unpaired) electrons. The number of fused-ring (bicyclic) bond motifs is 1.